The summed E-state index contributed by atoms with van der Waals surface area (Å²) in [5, 5.41) is 4.12. The number of nitrogens with zero attached hydrogens (tertiary/aromatic N) is 2. The van der Waals surface area contributed by atoms with Crippen LogP contribution in [0.4, 0.5) is 0 Å². The summed E-state index contributed by atoms with van der Waals surface area (Å²) in [5.41, 5.74) is 0.748. The standard InChI is InChI=1S/C15H22ClN3O/c1-2-18(10-12-4-3-7-17-12)15(20)14-8-11(16)9-19(14)13-5-6-13/h8-9,12-13,17H,2-7,10H2,1H3. The monoisotopic (exact) mass is 295 g/mol. The quantitative estimate of drug-likeness (QED) is 0.907. The van der Waals surface area contributed by atoms with E-state index in [1.165, 1.54) is 6.42 Å². The third-order valence-electron chi connectivity index (χ3n) is 4.25. The van der Waals surface area contributed by atoms with Crippen LogP contribution in [0.1, 0.15) is 49.1 Å². The van der Waals surface area contributed by atoms with E-state index in [1.54, 1.807) is 0 Å². The van der Waals surface area contributed by atoms with Gasteiger partial charge in [0.1, 0.15) is 5.69 Å². The molecule has 0 bridgehead atoms. The Morgan fingerprint density at radius 3 is 2.90 bits per heavy atom. The first-order valence-corrected chi connectivity index (χ1v) is 7.97. The highest BCUT2D eigenvalue weighted by atomic mass is 35.5. The second-order valence-electron chi connectivity index (χ2n) is 5.82. The van der Waals surface area contributed by atoms with Crippen LogP contribution < -0.4 is 5.32 Å². The lowest BCUT2D eigenvalue weighted by atomic mass is 10.2. The molecule has 1 saturated heterocycles. The van der Waals surface area contributed by atoms with Gasteiger partial charge in [-0.1, -0.05) is 11.6 Å². The van der Waals surface area contributed by atoms with Crippen LogP contribution in [0, 0.1) is 0 Å². The molecule has 1 aromatic rings. The van der Waals surface area contributed by atoms with Crippen molar-refractivity contribution in [3.05, 3.63) is 23.0 Å². The first kappa shape index (κ1) is 14.0. The smallest absolute Gasteiger partial charge is 0.270 e. The van der Waals surface area contributed by atoms with Gasteiger partial charge < -0.3 is 14.8 Å². The number of halogens is 1. The Kier molecular flexibility index (Phi) is 4.03. The summed E-state index contributed by atoms with van der Waals surface area (Å²) < 4.78 is 2.06. The maximum absolute atomic E-state index is 12.7. The van der Waals surface area contributed by atoms with Crippen LogP contribution in [-0.4, -0.2) is 41.1 Å². The maximum atomic E-state index is 12.7. The van der Waals surface area contributed by atoms with Crippen LogP contribution in [0.2, 0.25) is 5.02 Å². The van der Waals surface area contributed by atoms with E-state index >= 15 is 0 Å². The topological polar surface area (TPSA) is 37.3 Å². The van der Waals surface area contributed by atoms with Crippen LogP contribution >= 0.6 is 11.6 Å². The Morgan fingerprint density at radius 1 is 1.50 bits per heavy atom. The van der Waals surface area contributed by atoms with E-state index < -0.39 is 0 Å². The van der Waals surface area contributed by atoms with Crippen LogP contribution in [0.15, 0.2) is 12.3 Å². The van der Waals surface area contributed by atoms with Gasteiger partial charge in [-0.05, 0) is 45.2 Å². The van der Waals surface area contributed by atoms with Gasteiger partial charge in [0.15, 0.2) is 0 Å². The van der Waals surface area contributed by atoms with Crippen LogP contribution in [-0.2, 0) is 0 Å². The molecule has 5 heteroatoms. The second kappa shape index (κ2) is 5.78. The van der Waals surface area contributed by atoms with Crippen molar-refractivity contribution < 1.29 is 4.79 Å². The van der Waals surface area contributed by atoms with Gasteiger partial charge in [0.05, 0.1) is 5.02 Å². The molecule has 0 radical (unpaired) electrons. The predicted molar refractivity (Wildman–Crippen MR) is 80.3 cm³/mol. The number of aromatic nitrogens is 1. The van der Waals surface area contributed by atoms with E-state index in [0.29, 0.717) is 17.1 Å². The molecule has 3 rings (SSSR count). The van der Waals surface area contributed by atoms with Gasteiger partial charge in [-0.25, -0.2) is 0 Å². The van der Waals surface area contributed by atoms with Gasteiger partial charge in [-0.2, -0.15) is 0 Å². The number of amides is 1. The van der Waals surface area contributed by atoms with Crippen LogP contribution in [0.5, 0.6) is 0 Å². The summed E-state index contributed by atoms with van der Waals surface area (Å²) in [7, 11) is 0. The fourth-order valence-corrected chi connectivity index (χ4v) is 3.18. The zero-order valence-corrected chi connectivity index (χ0v) is 12.7. The minimum absolute atomic E-state index is 0.111. The number of nitrogens with one attached hydrogen (secondary N) is 1. The molecular formula is C15H22ClN3O. The van der Waals surface area contributed by atoms with E-state index in [2.05, 4.69) is 9.88 Å². The van der Waals surface area contributed by atoms with Crippen molar-refractivity contribution in [3.8, 4) is 0 Å². The Bertz CT molecular complexity index is 489. The molecule has 2 aliphatic rings. The molecule has 1 atom stereocenters. The highest BCUT2D eigenvalue weighted by molar-refractivity contribution is 6.31. The lowest BCUT2D eigenvalue weighted by Gasteiger charge is -2.25. The third kappa shape index (κ3) is 2.86. The number of rotatable bonds is 5. The Labute approximate surface area is 125 Å². The zero-order chi connectivity index (χ0) is 14.1. The fraction of sp³-hybridized carbons (Fsp3) is 0.667. The SMILES string of the molecule is CCN(CC1CCCN1)C(=O)c1cc(Cl)cn1C1CC1. The molecule has 0 aromatic carbocycles. The largest absolute Gasteiger partial charge is 0.339 e. The molecule has 1 aliphatic carbocycles. The molecule has 20 heavy (non-hydrogen) atoms. The zero-order valence-electron chi connectivity index (χ0n) is 11.9. The fourth-order valence-electron chi connectivity index (χ4n) is 2.97. The van der Waals surface area contributed by atoms with Gasteiger partial charge in [0.2, 0.25) is 0 Å². The highest BCUT2D eigenvalue weighted by Crippen LogP contribution is 2.37. The van der Waals surface area contributed by atoms with Gasteiger partial charge in [0.25, 0.3) is 5.91 Å². The normalized spacial score (nSPS) is 22.2. The average Bonchev–Trinajstić information content (AvgIpc) is 3.01. The van der Waals surface area contributed by atoms with E-state index in [0.717, 1.165) is 44.6 Å². The molecule has 2 fully saturated rings. The molecule has 0 spiro atoms. The molecule has 1 amide bonds. The van der Waals surface area contributed by atoms with E-state index in [9.17, 15) is 4.79 Å². The molecule has 1 aromatic heterocycles. The summed E-state index contributed by atoms with van der Waals surface area (Å²) >= 11 is 6.10. The van der Waals surface area contributed by atoms with Gasteiger partial charge in [-0.15, -0.1) is 0 Å². The molecule has 110 valence electrons. The lowest BCUT2D eigenvalue weighted by molar-refractivity contribution is 0.0740. The van der Waals surface area contributed by atoms with E-state index in [4.69, 9.17) is 11.6 Å². The van der Waals surface area contributed by atoms with Crippen molar-refractivity contribution in [2.24, 2.45) is 0 Å². The molecule has 4 nitrogen and oxygen atoms in total. The number of hydrogen-bond acceptors (Lipinski definition) is 2. The molecule has 2 heterocycles. The number of hydrogen-bond donors (Lipinski definition) is 1. The summed E-state index contributed by atoms with van der Waals surface area (Å²) in [6.07, 6.45) is 6.58. The number of likely N-dealkylation sites (N-methyl/N-ethyl adjacent to an activating group) is 1. The predicted octanol–water partition coefficient (Wildman–Crippen LogP) is 2.69. The van der Waals surface area contributed by atoms with Gasteiger partial charge in [0, 0.05) is 31.4 Å². The van der Waals surface area contributed by atoms with Crippen molar-refractivity contribution in [1.82, 2.24) is 14.8 Å². The second-order valence-corrected chi connectivity index (χ2v) is 6.26. The van der Waals surface area contributed by atoms with Gasteiger partial charge in [-0.3, -0.25) is 4.79 Å². The summed E-state index contributed by atoms with van der Waals surface area (Å²) in [6.45, 7) is 4.65. The summed E-state index contributed by atoms with van der Waals surface area (Å²) in [4.78, 5) is 14.7. The Morgan fingerprint density at radius 2 is 2.30 bits per heavy atom. The third-order valence-corrected chi connectivity index (χ3v) is 4.45. The van der Waals surface area contributed by atoms with Crippen molar-refractivity contribution >= 4 is 17.5 Å². The minimum atomic E-state index is 0.111. The van der Waals surface area contributed by atoms with Crippen LogP contribution in [0.3, 0.4) is 0 Å². The summed E-state index contributed by atoms with van der Waals surface area (Å²) in [6, 6.07) is 2.73. The van der Waals surface area contributed by atoms with Crippen molar-refractivity contribution in [2.45, 2.75) is 44.7 Å². The Hall–Kier alpha value is -1.00. The molecule has 1 aliphatic heterocycles. The van der Waals surface area contributed by atoms with Crippen LogP contribution in [0.25, 0.3) is 0 Å². The number of carbonyl (C=O) groups is 1. The molecule has 1 saturated carbocycles. The maximum Gasteiger partial charge on any atom is 0.270 e. The van der Waals surface area contributed by atoms with Gasteiger partial charge >= 0.3 is 0 Å². The van der Waals surface area contributed by atoms with Crippen molar-refractivity contribution in [1.29, 1.82) is 0 Å². The van der Waals surface area contributed by atoms with Crippen molar-refractivity contribution in [3.63, 3.8) is 0 Å². The average molecular weight is 296 g/mol. The highest BCUT2D eigenvalue weighted by Gasteiger charge is 2.30. The lowest BCUT2D eigenvalue weighted by Crippen LogP contribution is -2.41. The van der Waals surface area contributed by atoms with E-state index in [-0.39, 0.29) is 5.91 Å². The first-order valence-electron chi connectivity index (χ1n) is 7.59. The first-order chi connectivity index (χ1) is 9.69. The molecule has 1 N–H and O–H groups in total. The minimum Gasteiger partial charge on any atom is -0.339 e. The summed E-state index contributed by atoms with van der Waals surface area (Å²) in [5.74, 6) is 0.111. The molecule has 1 unspecified atom stereocenters. The Balaban J connectivity index is 1.75. The molecular weight excluding hydrogens is 274 g/mol. The van der Waals surface area contributed by atoms with Crippen molar-refractivity contribution in [2.75, 3.05) is 19.6 Å². The van der Waals surface area contributed by atoms with E-state index in [1.807, 2.05) is 24.1 Å². The number of carbonyl (C=O) groups excluding carboxylic acids is 1.